The van der Waals surface area contributed by atoms with Crippen LogP contribution < -0.4 is 5.32 Å². The summed E-state index contributed by atoms with van der Waals surface area (Å²) in [7, 11) is 0. The standard InChI is InChI=1S/C11H19NO2/c13-11(4-3-9-1-2-9)14-10-5-7-12-8-6-10/h9-10,12H,1-8H2. The van der Waals surface area contributed by atoms with Crippen molar-refractivity contribution in [2.45, 2.75) is 44.6 Å². The van der Waals surface area contributed by atoms with Crippen LogP contribution in [0.15, 0.2) is 0 Å². The fraction of sp³-hybridized carbons (Fsp3) is 0.909. The lowest BCUT2D eigenvalue weighted by atomic mass is 10.1. The van der Waals surface area contributed by atoms with Gasteiger partial charge < -0.3 is 10.1 Å². The van der Waals surface area contributed by atoms with E-state index >= 15 is 0 Å². The lowest BCUT2D eigenvalue weighted by Gasteiger charge is -2.22. The van der Waals surface area contributed by atoms with Gasteiger partial charge in [-0.2, -0.15) is 0 Å². The maximum atomic E-state index is 11.4. The second-order valence-electron chi connectivity index (χ2n) is 4.42. The Balaban J connectivity index is 1.59. The van der Waals surface area contributed by atoms with Gasteiger partial charge in [0.05, 0.1) is 0 Å². The fourth-order valence-corrected chi connectivity index (χ4v) is 1.89. The van der Waals surface area contributed by atoms with E-state index in [-0.39, 0.29) is 12.1 Å². The third kappa shape index (κ3) is 3.29. The quantitative estimate of drug-likeness (QED) is 0.694. The van der Waals surface area contributed by atoms with E-state index in [0.717, 1.165) is 38.3 Å². The number of esters is 1. The van der Waals surface area contributed by atoms with Crippen molar-refractivity contribution in [1.82, 2.24) is 5.32 Å². The molecule has 0 spiro atoms. The van der Waals surface area contributed by atoms with Crippen molar-refractivity contribution in [2.75, 3.05) is 13.1 Å². The first kappa shape index (κ1) is 9.97. The number of nitrogens with one attached hydrogen (secondary N) is 1. The van der Waals surface area contributed by atoms with E-state index in [2.05, 4.69) is 5.32 Å². The van der Waals surface area contributed by atoms with E-state index in [9.17, 15) is 4.79 Å². The van der Waals surface area contributed by atoms with Gasteiger partial charge in [0.2, 0.25) is 0 Å². The number of carbonyl (C=O) groups excluding carboxylic acids is 1. The van der Waals surface area contributed by atoms with Crippen molar-refractivity contribution in [3.05, 3.63) is 0 Å². The SMILES string of the molecule is O=C(CCC1CC1)OC1CCNCC1. The van der Waals surface area contributed by atoms with E-state index in [4.69, 9.17) is 4.74 Å². The van der Waals surface area contributed by atoms with E-state index in [1.807, 2.05) is 0 Å². The Labute approximate surface area is 85.2 Å². The van der Waals surface area contributed by atoms with Gasteiger partial charge in [0.1, 0.15) is 6.10 Å². The molecule has 0 radical (unpaired) electrons. The average molecular weight is 197 g/mol. The van der Waals surface area contributed by atoms with Gasteiger partial charge >= 0.3 is 5.97 Å². The highest BCUT2D eigenvalue weighted by Gasteiger charge is 2.23. The fourth-order valence-electron chi connectivity index (χ4n) is 1.89. The molecule has 14 heavy (non-hydrogen) atoms. The smallest absolute Gasteiger partial charge is 0.306 e. The van der Waals surface area contributed by atoms with Crippen molar-refractivity contribution in [1.29, 1.82) is 0 Å². The van der Waals surface area contributed by atoms with Gasteiger partial charge in [-0.1, -0.05) is 12.8 Å². The number of hydrogen-bond donors (Lipinski definition) is 1. The molecule has 1 N–H and O–H groups in total. The highest BCUT2D eigenvalue weighted by Crippen LogP contribution is 2.33. The van der Waals surface area contributed by atoms with Crippen LogP contribution in [0.2, 0.25) is 0 Å². The lowest BCUT2D eigenvalue weighted by Crippen LogP contribution is -2.33. The van der Waals surface area contributed by atoms with Crippen LogP contribution in [0.4, 0.5) is 0 Å². The highest BCUT2D eigenvalue weighted by molar-refractivity contribution is 5.69. The van der Waals surface area contributed by atoms with Crippen LogP contribution in [0.25, 0.3) is 0 Å². The van der Waals surface area contributed by atoms with Crippen LogP contribution in [0.1, 0.15) is 38.5 Å². The summed E-state index contributed by atoms with van der Waals surface area (Å²) in [5.41, 5.74) is 0. The molecule has 2 aliphatic rings. The summed E-state index contributed by atoms with van der Waals surface area (Å²) in [6, 6.07) is 0. The first-order valence-corrected chi connectivity index (χ1v) is 5.75. The highest BCUT2D eigenvalue weighted by atomic mass is 16.5. The van der Waals surface area contributed by atoms with E-state index in [1.54, 1.807) is 0 Å². The van der Waals surface area contributed by atoms with Crippen molar-refractivity contribution in [3.63, 3.8) is 0 Å². The number of carbonyl (C=O) groups is 1. The molecule has 2 fully saturated rings. The van der Waals surface area contributed by atoms with Crippen molar-refractivity contribution < 1.29 is 9.53 Å². The topological polar surface area (TPSA) is 38.3 Å². The van der Waals surface area contributed by atoms with Crippen molar-refractivity contribution >= 4 is 5.97 Å². The van der Waals surface area contributed by atoms with Crippen LogP contribution in [0.5, 0.6) is 0 Å². The number of hydrogen-bond acceptors (Lipinski definition) is 3. The minimum Gasteiger partial charge on any atom is -0.462 e. The van der Waals surface area contributed by atoms with Crippen LogP contribution in [-0.2, 0) is 9.53 Å². The molecular weight excluding hydrogens is 178 g/mol. The summed E-state index contributed by atoms with van der Waals surface area (Å²) in [5, 5.41) is 3.26. The predicted octanol–water partition coefficient (Wildman–Crippen LogP) is 1.47. The monoisotopic (exact) mass is 197 g/mol. The Morgan fingerprint density at radius 3 is 2.57 bits per heavy atom. The number of ether oxygens (including phenoxy) is 1. The molecule has 0 bridgehead atoms. The molecule has 3 nitrogen and oxygen atoms in total. The molecule has 0 aromatic carbocycles. The Morgan fingerprint density at radius 1 is 1.21 bits per heavy atom. The largest absolute Gasteiger partial charge is 0.462 e. The molecule has 2 rings (SSSR count). The normalized spacial score (nSPS) is 23.4. The van der Waals surface area contributed by atoms with Crippen molar-refractivity contribution in [3.8, 4) is 0 Å². The van der Waals surface area contributed by atoms with Gasteiger partial charge in [0.15, 0.2) is 0 Å². The molecule has 0 amide bonds. The third-order valence-corrected chi connectivity index (χ3v) is 3.04. The minimum atomic E-state index is 0.0174. The zero-order valence-electron chi connectivity index (χ0n) is 8.63. The summed E-state index contributed by atoms with van der Waals surface area (Å²) in [5.74, 6) is 0.847. The Kier molecular flexibility index (Phi) is 3.40. The summed E-state index contributed by atoms with van der Waals surface area (Å²) in [6.07, 6.45) is 6.47. The first-order valence-electron chi connectivity index (χ1n) is 5.75. The zero-order valence-corrected chi connectivity index (χ0v) is 8.63. The maximum absolute atomic E-state index is 11.4. The maximum Gasteiger partial charge on any atom is 0.306 e. The lowest BCUT2D eigenvalue weighted by molar-refractivity contribution is -0.150. The summed E-state index contributed by atoms with van der Waals surface area (Å²) >= 11 is 0. The van der Waals surface area contributed by atoms with Gasteiger partial charge in [-0.25, -0.2) is 0 Å². The van der Waals surface area contributed by atoms with E-state index in [1.165, 1.54) is 12.8 Å². The second-order valence-corrected chi connectivity index (χ2v) is 4.42. The molecule has 0 aromatic heterocycles. The van der Waals surface area contributed by atoms with Gasteiger partial charge in [-0.3, -0.25) is 4.79 Å². The Morgan fingerprint density at radius 2 is 1.93 bits per heavy atom. The molecule has 0 unspecified atom stereocenters. The number of piperidine rings is 1. The molecule has 0 atom stereocenters. The Bertz CT molecular complexity index is 195. The molecule has 1 aliphatic heterocycles. The van der Waals surface area contributed by atoms with Crippen LogP contribution in [0, 0.1) is 5.92 Å². The van der Waals surface area contributed by atoms with E-state index < -0.39 is 0 Å². The summed E-state index contributed by atoms with van der Waals surface area (Å²) in [6.45, 7) is 1.97. The Hall–Kier alpha value is -0.570. The molecule has 80 valence electrons. The van der Waals surface area contributed by atoms with E-state index in [0.29, 0.717) is 6.42 Å². The molecule has 1 aliphatic carbocycles. The van der Waals surface area contributed by atoms with Gasteiger partial charge in [0.25, 0.3) is 0 Å². The van der Waals surface area contributed by atoms with Gasteiger partial charge in [0, 0.05) is 6.42 Å². The van der Waals surface area contributed by atoms with Gasteiger partial charge in [-0.15, -0.1) is 0 Å². The summed E-state index contributed by atoms with van der Waals surface area (Å²) in [4.78, 5) is 11.4. The molecular formula is C11H19NO2. The zero-order chi connectivity index (χ0) is 9.80. The predicted molar refractivity (Wildman–Crippen MR) is 53.9 cm³/mol. The molecule has 1 saturated carbocycles. The molecule has 0 aromatic rings. The molecule has 1 saturated heterocycles. The first-order chi connectivity index (χ1) is 6.84. The summed E-state index contributed by atoms with van der Waals surface area (Å²) < 4.78 is 5.39. The average Bonchev–Trinajstić information content (AvgIpc) is 3.00. The van der Waals surface area contributed by atoms with Crippen LogP contribution in [-0.4, -0.2) is 25.2 Å². The minimum absolute atomic E-state index is 0.0174. The third-order valence-electron chi connectivity index (χ3n) is 3.04. The number of rotatable bonds is 4. The van der Waals surface area contributed by atoms with Crippen LogP contribution in [0.3, 0.4) is 0 Å². The molecule has 1 heterocycles. The molecule has 3 heteroatoms. The van der Waals surface area contributed by atoms with Crippen molar-refractivity contribution in [2.24, 2.45) is 5.92 Å². The van der Waals surface area contributed by atoms with Gasteiger partial charge in [-0.05, 0) is 38.3 Å². The second kappa shape index (κ2) is 4.78. The van der Waals surface area contributed by atoms with Crippen LogP contribution >= 0.6 is 0 Å².